The molecule has 0 saturated heterocycles. The maximum absolute atomic E-state index is 9.89. The Hall–Kier alpha value is -0.860. The van der Waals surface area contributed by atoms with Crippen molar-refractivity contribution in [1.29, 1.82) is 0 Å². The van der Waals surface area contributed by atoms with Gasteiger partial charge in [-0.25, -0.2) is 0 Å². The van der Waals surface area contributed by atoms with E-state index in [2.05, 4.69) is 6.92 Å². The first-order valence-electron chi connectivity index (χ1n) is 6.15. The van der Waals surface area contributed by atoms with Crippen LogP contribution in [-0.2, 0) is 0 Å². The lowest BCUT2D eigenvalue weighted by Crippen LogP contribution is -2.12. The molecule has 0 heterocycles. The highest BCUT2D eigenvalue weighted by atomic mass is 16.3. The highest BCUT2D eigenvalue weighted by Gasteiger charge is 2.12. The maximum Gasteiger partial charge on any atom is 0.0814 e. The third-order valence-corrected chi connectivity index (χ3v) is 2.82. The predicted octanol–water partition coefficient (Wildman–Crippen LogP) is 3.05. The second-order valence-corrected chi connectivity index (χ2v) is 4.31. The topological polar surface area (TPSA) is 40.5 Å². The predicted molar refractivity (Wildman–Crippen MR) is 66.2 cm³/mol. The van der Waals surface area contributed by atoms with Gasteiger partial charge >= 0.3 is 0 Å². The number of aliphatic hydroxyl groups excluding tert-OH is 2. The molecule has 1 rings (SSSR count). The smallest absolute Gasteiger partial charge is 0.0814 e. The normalized spacial score (nSPS) is 14.7. The van der Waals surface area contributed by atoms with Crippen LogP contribution < -0.4 is 0 Å². The minimum absolute atomic E-state index is 0.387. The molecule has 2 N–H and O–H groups in total. The molecule has 16 heavy (non-hydrogen) atoms. The van der Waals surface area contributed by atoms with Crippen LogP contribution in [0.3, 0.4) is 0 Å². The standard InChI is InChI=1S/C14H22O2/c1-2-3-5-10-13(15)11-14(16)12-8-6-4-7-9-12/h4,6-9,13-16H,2-3,5,10-11H2,1H3/t13-,14+/m0/s1. The first-order chi connectivity index (χ1) is 7.74. The van der Waals surface area contributed by atoms with Gasteiger partial charge in [0.1, 0.15) is 0 Å². The summed E-state index contributed by atoms with van der Waals surface area (Å²) in [7, 11) is 0. The van der Waals surface area contributed by atoms with Crippen LogP contribution >= 0.6 is 0 Å². The molecule has 0 fully saturated rings. The van der Waals surface area contributed by atoms with Gasteiger partial charge in [0.15, 0.2) is 0 Å². The van der Waals surface area contributed by atoms with Crippen molar-refractivity contribution in [3.8, 4) is 0 Å². The van der Waals surface area contributed by atoms with Crippen LogP contribution in [0.4, 0.5) is 0 Å². The molecule has 0 spiro atoms. The summed E-state index contributed by atoms with van der Waals surface area (Å²) in [6.45, 7) is 2.14. The van der Waals surface area contributed by atoms with Crippen molar-refractivity contribution in [2.24, 2.45) is 0 Å². The van der Waals surface area contributed by atoms with Crippen molar-refractivity contribution in [2.75, 3.05) is 0 Å². The summed E-state index contributed by atoms with van der Waals surface area (Å²) in [4.78, 5) is 0. The largest absolute Gasteiger partial charge is 0.393 e. The molecular formula is C14H22O2. The Morgan fingerprint density at radius 1 is 1.06 bits per heavy atom. The number of unbranched alkanes of at least 4 members (excludes halogenated alkanes) is 2. The molecule has 90 valence electrons. The molecule has 2 heteroatoms. The van der Waals surface area contributed by atoms with Crippen molar-refractivity contribution in [3.63, 3.8) is 0 Å². The lowest BCUT2D eigenvalue weighted by atomic mass is 10.0. The second-order valence-electron chi connectivity index (χ2n) is 4.31. The maximum atomic E-state index is 9.89. The van der Waals surface area contributed by atoms with Crippen LogP contribution in [0.2, 0.25) is 0 Å². The van der Waals surface area contributed by atoms with Crippen molar-refractivity contribution >= 4 is 0 Å². The third-order valence-electron chi connectivity index (χ3n) is 2.82. The Morgan fingerprint density at radius 2 is 1.75 bits per heavy atom. The number of rotatable bonds is 7. The molecule has 0 aromatic heterocycles. The third kappa shape index (κ3) is 4.77. The lowest BCUT2D eigenvalue weighted by Gasteiger charge is -2.15. The van der Waals surface area contributed by atoms with Gasteiger partial charge in [-0.05, 0) is 12.0 Å². The fourth-order valence-corrected chi connectivity index (χ4v) is 1.82. The fraction of sp³-hybridized carbons (Fsp3) is 0.571. The SMILES string of the molecule is CCCCC[C@H](O)C[C@@H](O)c1ccccc1. The van der Waals surface area contributed by atoms with Gasteiger partial charge in [-0.2, -0.15) is 0 Å². The fourth-order valence-electron chi connectivity index (χ4n) is 1.82. The molecule has 1 aromatic rings. The van der Waals surface area contributed by atoms with Gasteiger partial charge in [-0.3, -0.25) is 0 Å². The summed E-state index contributed by atoms with van der Waals surface area (Å²) in [6, 6.07) is 9.52. The highest BCUT2D eigenvalue weighted by Crippen LogP contribution is 2.20. The Kier molecular flexibility index (Phi) is 6.12. The van der Waals surface area contributed by atoms with Crippen LogP contribution in [0, 0.1) is 0 Å². The van der Waals surface area contributed by atoms with Gasteiger partial charge in [0, 0.05) is 6.42 Å². The summed E-state index contributed by atoms with van der Waals surface area (Å²) >= 11 is 0. The van der Waals surface area contributed by atoms with Crippen molar-refractivity contribution in [2.45, 2.75) is 51.2 Å². The van der Waals surface area contributed by atoms with E-state index in [1.54, 1.807) is 0 Å². The zero-order chi connectivity index (χ0) is 11.8. The van der Waals surface area contributed by atoms with Crippen molar-refractivity contribution in [3.05, 3.63) is 35.9 Å². The minimum atomic E-state index is -0.544. The number of hydrogen-bond acceptors (Lipinski definition) is 2. The number of benzene rings is 1. The summed E-state index contributed by atoms with van der Waals surface area (Å²) in [5.41, 5.74) is 0.886. The molecule has 0 aliphatic carbocycles. The van der Waals surface area contributed by atoms with Gasteiger partial charge in [-0.1, -0.05) is 56.5 Å². The number of aliphatic hydroxyl groups is 2. The van der Waals surface area contributed by atoms with Gasteiger partial charge in [0.2, 0.25) is 0 Å². The molecule has 0 unspecified atom stereocenters. The first kappa shape index (κ1) is 13.2. The second kappa shape index (κ2) is 7.42. The monoisotopic (exact) mass is 222 g/mol. The first-order valence-corrected chi connectivity index (χ1v) is 6.15. The molecule has 0 saturated carbocycles. The van der Waals surface area contributed by atoms with Crippen LogP contribution in [0.25, 0.3) is 0 Å². The molecule has 1 aromatic carbocycles. The molecule has 2 nitrogen and oxygen atoms in total. The Balaban J connectivity index is 2.31. The minimum Gasteiger partial charge on any atom is -0.393 e. The summed E-state index contributed by atoms with van der Waals surface area (Å²) in [5.74, 6) is 0. The van der Waals surface area contributed by atoms with Gasteiger partial charge in [-0.15, -0.1) is 0 Å². The van der Waals surface area contributed by atoms with Crippen molar-refractivity contribution in [1.82, 2.24) is 0 Å². The summed E-state index contributed by atoms with van der Waals surface area (Å²) < 4.78 is 0. The quantitative estimate of drug-likeness (QED) is 0.696. The Bertz CT molecular complexity index is 271. The van der Waals surface area contributed by atoms with Gasteiger partial charge < -0.3 is 10.2 Å². The zero-order valence-corrected chi connectivity index (χ0v) is 9.97. The van der Waals surface area contributed by atoms with E-state index < -0.39 is 6.10 Å². The zero-order valence-electron chi connectivity index (χ0n) is 9.97. The Morgan fingerprint density at radius 3 is 2.38 bits per heavy atom. The summed E-state index contributed by atoms with van der Waals surface area (Å²) in [6.07, 6.45) is 3.65. The highest BCUT2D eigenvalue weighted by molar-refractivity contribution is 5.17. The van der Waals surface area contributed by atoms with Gasteiger partial charge in [0.25, 0.3) is 0 Å². The molecule has 0 radical (unpaired) electrons. The molecule has 0 bridgehead atoms. The Labute approximate surface area is 97.9 Å². The average molecular weight is 222 g/mol. The molecule has 2 atom stereocenters. The lowest BCUT2D eigenvalue weighted by molar-refractivity contribution is 0.0740. The van der Waals surface area contributed by atoms with E-state index in [1.165, 1.54) is 0 Å². The molecular weight excluding hydrogens is 200 g/mol. The van der Waals surface area contributed by atoms with Crippen molar-refractivity contribution < 1.29 is 10.2 Å². The molecule has 0 aliphatic rings. The number of hydrogen-bond donors (Lipinski definition) is 2. The van der Waals surface area contributed by atoms with Crippen LogP contribution in [0.5, 0.6) is 0 Å². The van der Waals surface area contributed by atoms with E-state index in [4.69, 9.17) is 0 Å². The van der Waals surface area contributed by atoms with E-state index >= 15 is 0 Å². The van der Waals surface area contributed by atoms with Crippen LogP contribution in [0.1, 0.15) is 50.7 Å². The van der Waals surface area contributed by atoms with Crippen LogP contribution in [0.15, 0.2) is 30.3 Å². The average Bonchev–Trinajstić information content (AvgIpc) is 2.30. The van der Waals surface area contributed by atoms with E-state index in [9.17, 15) is 10.2 Å². The summed E-state index contributed by atoms with van der Waals surface area (Å²) in [5, 5.41) is 19.6. The van der Waals surface area contributed by atoms with E-state index in [1.807, 2.05) is 30.3 Å². The molecule has 0 aliphatic heterocycles. The van der Waals surface area contributed by atoms with E-state index in [0.717, 1.165) is 31.2 Å². The van der Waals surface area contributed by atoms with E-state index in [0.29, 0.717) is 6.42 Å². The van der Waals surface area contributed by atoms with Crippen LogP contribution in [-0.4, -0.2) is 16.3 Å². The van der Waals surface area contributed by atoms with Gasteiger partial charge in [0.05, 0.1) is 12.2 Å². The van der Waals surface area contributed by atoms with E-state index in [-0.39, 0.29) is 6.10 Å². The molecule has 0 amide bonds.